The van der Waals surface area contributed by atoms with Crippen molar-refractivity contribution in [3.8, 4) is 0 Å². The Balaban J connectivity index is 1.65. The van der Waals surface area contributed by atoms with Gasteiger partial charge in [0.05, 0.1) is 25.7 Å². The van der Waals surface area contributed by atoms with E-state index in [9.17, 15) is 9.59 Å². The molecule has 6 nitrogen and oxygen atoms in total. The number of ether oxygens (including phenoxy) is 3. The summed E-state index contributed by atoms with van der Waals surface area (Å²) in [5.74, 6) is 1.35. The number of nitrogens with zero attached hydrogens (tertiary/aromatic N) is 1. The molecule has 0 aliphatic carbocycles. The van der Waals surface area contributed by atoms with Crippen LogP contribution < -0.4 is 0 Å². The van der Waals surface area contributed by atoms with E-state index in [4.69, 9.17) is 14.2 Å². The first kappa shape index (κ1) is 42.2. The molecule has 3 unspecified atom stereocenters. The van der Waals surface area contributed by atoms with Crippen LogP contribution in [0.5, 0.6) is 0 Å². The smallest absolute Gasteiger partial charge is 0.308 e. The molecule has 0 saturated carbocycles. The second kappa shape index (κ2) is 28.9. The Labute approximate surface area is 295 Å². The van der Waals surface area contributed by atoms with E-state index in [2.05, 4.69) is 43.0 Å². The fourth-order valence-electron chi connectivity index (χ4n) is 6.99. The second-order valence-corrected chi connectivity index (χ2v) is 14.5. The molecule has 1 aliphatic rings. The second-order valence-electron chi connectivity index (χ2n) is 14.5. The predicted molar refractivity (Wildman–Crippen MR) is 199 cm³/mol. The lowest BCUT2D eigenvalue weighted by molar-refractivity contribution is -0.148. The van der Waals surface area contributed by atoms with Gasteiger partial charge in [-0.2, -0.15) is 0 Å². The van der Waals surface area contributed by atoms with Crippen LogP contribution in [0.15, 0.2) is 30.3 Å². The molecular formula is C42H73NO5. The molecule has 276 valence electrons. The van der Waals surface area contributed by atoms with E-state index in [1.54, 1.807) is 0 Å². The number of hydrogen-bond acceptors (Lipinski definition) is 6. The Morgan fingerprint density at radius 3 is 1.94 bits per heavy atom. The lowest BCUT2D eigenvalue weighted by atomic mass is 9.87. The predicted octanol–water partition coefficient (Wildman–Crippen LogP) is 10.7. The summed E-state index contributed by atoms with van der Waals surface area (Å²) in [6.07, 6.45) is 23.6. The van der Waals surface area contributed by atoms with Crippen molar-refractivity contribution in [2.24, 2.45) is 17.8 Å². The lowest BCUT2D eigenvalue weighted by Gasteiger charge is -2.18. The highest BCUT2D eigenvalue weighted by Gasteiger charge is 2.31. The molecule has 2 rings (SSSR count). The number of carbonyl (C=O) groups excluding carboxylic acids is 2. The maximum Gasteiger partial charge on any atom is 0.308 e. The summed E-state index contributed by atoms with van der Waals surface area (Å²) < 4.78 is 17.1. The Hall–Kier alpha value is -1.92. The summed E-state index contributed by atoms with van der Waals surface area (Å²) in [6.45, 7) is 12.5. The van der Waals surface area contributed by atoms with E-state index in [1.807, 2.05) is 13.0 Å². The summed E-state index contributed by atoms with van der Waals surface area (Å²) in [5.41, 5.74) is 1.23. The van der Waals surface area contributed by atoms with Crippen LogP contribution in [0, 0.1) is 17.8 Å². The van der Waals surface area contributed by atoms with Gasteiger partial charge in [-0.1, -0.05) is 115 Å². The monoisotopic (exact) mass is 672 g/mol. The van der Waals surface area contributed by atoms with Gasteiger partial charge in [-0.15, -0.1) is 0 Å². The van der Waals surface area contributed by atoms with Crippen LogP contribution in [0.3, 0.4) is 0 Å². The molecule has 1 aromatic rings. The van der Waals surface area contributed by atoms with Gasteiger partial charge in [0, 0.05) is 26.1 Å². The molecular weight excluding hydrogens is 598 g/mol. The van der Waals surface area contributed by atoms with Gasteiger partial charge >= 0.3 is 11.9 Å². The molecule has 0 amide bonds. The first-order valence-corrected chi connectivity index (χ1v) is 20.2. The van der Waals surface area contributed by atoms with Crippen molar-refractivity contribution in [2.75, 3.05) is 39.5 Å². The Morgan fingerprint density at radius 1 is 0.688 bits per heavy atom. The minimum absolute atomic E-state index is 0.0120. The van der Waals surface area contributed by atoms with Gasteiger partial charge in [0.25, 0.3) is 0 Å². The van der Waals surface area contributed by atoms with Crippen LogP contribution in [0.4, 0.5) is 0 Å². The Morgan fingerprint density at radius 2 is 1.27 bits per heavy atom. The fourth-order valence-corrected chi connectivity index (χ4v) is 6.99. The van der Waals surface area contributed by atoms with Gasteiger partial charge < -0.3 is 19.1 Å². The van der Waals surface area contributed by atoms with Gasteiger partial charge in [0.15, 0.2) is 0 Å². The van der Waals surface area contributed by atoms with E-state index < -0.39 is 0 Å². The van der Waals surface area contributed by atoms with Gasteiger partial charge in [0.1, 0.15) is 0 Å². The third kappa shape index (κ3) is 21.2. The molecule has 1 saturated heterocycles. The molecule has 1 aliphatic heterocycles. The highest BCUT2D eigenvalue weighted by Crippen LogP contribution is 2.32. The van der Waals surface area contributed by atoms with E-state index in [1.165, 1.54) is 69.8 Å². The number of benzene rings is 1. The zero-order valence-electron chi connectivity index (χ0n) is 31.4. The molecule has 1 heterocycles. The molecule has 48 heavy (non-hydrogen) atoms. The number of rotatable bonds is 31. The summed E-state index contributed by atoms with van der Waals surface area (Å²) >= 11 is 0. The number of unbranched alkanes of at least 4 members (excludes halogenated alkanes) is 12. The third-order valence-corrected chi connectivity index (χ3v) is 10.1. The minimum Gasteiger partial charge on any atom is -0.466 e. The average molecular weight is 672 g/mol. The quantitative estimate of drug-likeness (QED) is 0.0578. The van der Waals surface area contributed by atoms with Crippen molar-refractivity contribution in [3.63, 3.8) is 0 Å². The highest BCUT2D eigenvalue weighted by atomic mass is 16.5. The van der Waals surface area contributed by atoms with E-state index in [0.29, 0.717) is 38.1 Å². The van der Waals surface area contributed by atoms with Crippen LogP contribution in [0.1, 0.15) is 161 Å². The Bertz CT molecular complexity index is 909. The van der Waals surface area contributed by atoms with E-state index >= 15 is 0 Å². The van der Waals surface area contributed by atoms with Gasteiger partial charge in [-0.25, -0.2) is 0 Å². The van der Waals surface area contributed by atoms with Crippen molar-refractivity contribution in [1.82, 2.24) is 4.90 Å². The SMILES string of the molecule is CCCCCCCCCC(=O)OCCCCC1CN(CCCCOCc2ccccc2)CC1CCCCOC(=O)C(C)CCCCCC. The van der Waals surface area contributed by atoms with Crippen molar-refractivity contribution in [1.29, 1.82) is 0 Å². The summed E-state index contributed by atoms with van der Waals surface area (Å²) in [7, 11) is 0. The maximum absolute atomic E-state index is 12.4. The van der Waals surface area contributed by atoms with Crippen LogP contribution in [-0.2, 0) is 30.4 Å². The molecule has 0 bridgehead atoms. The number of hydrogen-bond donors (Lipinski definition) is 0. The van der Waals surface area contributed by atoms with Crippen molar-refractivity contribution in [3.05, 3.63) is 35.9 Å². The molecule has 1 fully saturated rings. The zero-order valence-corrected chi connectivity index (χ0v) is 31.4. The molecule has 0 N–H and O–H groups in total. The third-order valence-electron chi connectivity index (χ3n) is 10.1. The molecule has 6 heteroatoms. The fraction of sp³-hybridized carbons (Fsp3) is 0.810. The molecule has 3 atom stereocenters. The molecule has 0 radical (unpaired) electrons. The highest BCUT2D eigenvalue weighted by molar-refractivity contribution is 5.71. The van der Waals surface area contributed by atoms with Crippen molar-refractivity contribution >= 4 is 11.9 Å². The van der Waals surface area contributed by atoms with E-state index in [0.717, 1.165) is 90.4 Å². The van der Waals surface area contributed by atoms with E-state index in [-0.39, 0.29) is 17.9 Å². The number of esters is 2. The first-order valence-electron chi connectivity index (χ1n) is 20.2. The molecule has 0 aromatic heterocycles. The number of likely N-dealkylation sites (tertiary alicyclic amines) is 1. The van der Waals surface area contributed by atoms with Crippen LogP contribution in [0.2, 0.25) is 0 Å². The Kier molecular flexibility index (Phi) is 25.4. The normalized spacial score (nSPS) is 17.1. The minimum atomic E-state index is -0.0210. The van der Waals surface area contributed by atoms with Gasteiger partial charge in [-0.05, 0) is 88.2 Å². The molecule has 1 aromatic carbocycles. The zero-order chi connectivity index (χ0) is 34.5. The van der Waals surface area contributed by atoms with Crippen LogP contribution in [0.25, 0.3) is 0 Å². The maximum atomic E-state index is 12.4. The standard InChI is InChI=1S/C42H73NO5/c1-4-6-8-10-11-12-17-29-41(44)47-32-21-18-27-39-34-43(30-20-23-31-46-36-38-25-15-13-16-26-38)35-40(39)28-19-22-33-48-42(45)37(3)24-14-9-7-5-2/h13,15-16,25-26,37,39-40H,4-12,14,17-24,27-36H2,1-3H3. The average Bonchev–Trinajstić information content (AvgIpc) is 3.48. The first-order chi connectivity index (χ1) is 23.5. The summed E-state index contributed by atoms with van der Waals surface area (Å²) in [6, 6.07) is 10.4. The van der Waals surface area contributed by atoms with Crippen LogP contribution in [-0.4, -0.2) is 56.3 Å². The van der Waals surface area contributed by atoms with Gasteiger partial charge in [0.2, 0.25) is 0 Å². The molecule has 0 spiro atoms. The largest absolute Gasteiger partial charge is 0.466 e. The topological polar surface area (TPSA) is 65.1 Å². The van der Waals surface area contributed by atoms with Crippen molar-refractivity contribution in [2.45, 2.75) is 162 Å². The van der Waals surface area contributed by atoms with Crippen LogP contribution >= 0.6 is 0 Å². The summed E-state index contributed by atoms with van der Waals surface area (Å²) in [4.78, 5) is 27.3. The number of carbonyl (C=O) groups is 2. The van der Waals surface area contributed by atoms with Crippen molar-refractivity contribution < 1.29 is 23.8 Å². The van der Waals surface area contributed by atoms with Gasteiger partial charge in [-0.3, -0.25) is 9.59 Å². The lowest BCUT2D eigenvalue weighted by Crippen LogP contribution is -2.22. The summed E-state index contributed by atoms with van der Waals surface area (Å²) in [5, 5.41) is 0.